The second-order valence-electron chi connectivity index (χ2n) is 18.2. The van der Waals surface area contributed by atoms with E-state index in [1.807, 2.05) is 182 Å². The van der Waals surface area contributed by atoms with Crippen LogP contribution in [0.3, 0.4) is 0 Å². The molecule has 0 spiro atoms. The Morgan fingerprint density at radius 2 is 0.736 bits per heavy atom. The molecule has 10 atom stereocenters. The Morgan fingerprint density at radius 3 is 1.15 bits per heavy atom. The van der Waals surface area contributed by atoms with Gasteiger partial charge in [0.05, 0.1) is 52.9 Å². The molecular formula is C61H64O10S. The summed E-state index contributed by atoms with van der Waals surface area (Å²) in [4.78, 5) is 0.962. The van der Waals surface area contributed by atoms with Crippen LogP contribution in [0.5, 0.6) is 0 Å². The minimum absolute atomic E-state index is 0.117. The van der Waals surface area contributed by atoms with Gasteiger partial charge in [0.1, 0.15) is 54.3 Å². The number of aliphatic hydroxyl groups excluding tert-OH is 1. The van der Waals surface area contributed by atoms with E-state index in [0.29, 0.717) is 13.2 Å². The van der Waals surface area contributed by atoms with Crippen molar-refractivity contribution in [3.05, 3.63) is 245 Å². The van der Waals surface area contributed by atoms with Crippen molar-refractivity contribution in [3.63, 3.8) is 0 Å². The lowest BCUT2D eigenvalue weighted by atomic mass is 9.96. The lowest BCUT2D eigenvalue weighted by molar-refractivity contribution is -0.350. The van der Waals surface area contributed by atoms with Crippen molar-refractivity contribution in [2.24, 2.45) is 0 Å². The number of hydrogen-bond acceptors (Lipinski definition) is 11. The molecule has 9 rings (SSSR count). The Hall–Kier alpha value is -5.51. The Kier molecular flexibility index (Phi) is 19.3. The molecule has 374 valence electrons. The van der Waals surface area contributed by atoms with Crippen LogP contribution in [-0.4, -0.2) is 78.9 Å². The first kappa shape index (κ1) is 51.4. The molecule has 7 aromatic rings. The van der Waals surface area contributed by atoms with Gasteiger partial charge in [0, 0.05) is 4.90 Å². The van der Waals surface area contributed by atoms with Gasteiger partial charge in [0.15, 0.2) is 6.29 Å². The molecule has 7 aromatic carbocycles. The van der Waals surface area contributed by atoms with Crippen molar-refractivity contribution in [1.29, 1.82) is 0 Å². The van der Waals surface area contributed by atoms with Crippen LogP contribution in [0.15, 0.2) is 211 Å². The molecule has 2 saturated heterocycles. The minimum atomic E-state index is -1.34. The van der Waals surface area contributed by atoms with Crippen molar-refractivity contribution in [1.82, 2.24) is 0 Å². The van der Waals surface area contributed by atoms with Gasteiger partial charge in [-0.25, -0.2) is 0 Å². The molecule has 6 unspecified atom stereocenters. The van der Waals surface area contributed by atoms with Crippen LogP contribution >= 0.6 is 11.8 Å². The van der Waals surface area contributed by atoms with Crippen molar-refractivity contribution < 1.29 is 47.7 Å². The fourth-order valence-corrected chi connectivity index (χ4v) is 10.00. The standard InChI is InChI=1S/C61H64O10S/c1-44-32-34-51(35-33-44)72-61-59(58(68-41-50-30-18-7-19-31-50)56(66-39-48-26-14-5-15-27-48)53(70-61)43-64-37-46-22-10-3-11-23-46)71-60-54(62)57(67-40-49-28-16-6-17-29-49)55(65-38-47-24-12-4-13-25-47)52(69-60)42-63-36-45-20-8-2-9-21-45/h2-35,52-62H,36-43H2,1H3/t52?,53?,54?,55-,56-,57?,58?,59?,60-,61-/m1/s1. The predicted molar refractivity (Wildman–Crippen MR) is 278 cm³/mol. The molecule has 2 aliphatic rings. The zero-order valence-corrected chi connectivity index (χ0v) is 41.4. The van der Waals surface area contributed by atoms with Gasteiger partial charge in [-0.2, -0.15) is 0 Å². The molecule has 0 saturated carbocycles. The third kappa shape index (κ3) is 14.8. The van der Waals surface area contributed by atoms with Gasteiger partial charge in [-0.05, 0) is 52.4 Å². The van der Waals surface area contributed by atoms with E-state index in [1.54, 1.807) is 0 Å². The van der Waals surface area contributed by atoms with Crippen LogP contribution in [0.4, 0.5) is 0 Å². The van der Waals surface area contributed by atoms with Gasteiger partial charge in [0.25, 0.3) is 0 Å². The quantitative estimate of drug-likeness (QED) is 0.0626. The number of benzene rings is 7. The average molecular weight is 989 g/mol. The average Bonchev–Trinajstić information content (AvgIpc) is 3.43. The highest BCUT2D eigenvalue weighted by molar-refractivity contribution is 7.99. The van der Waals surface area contributed by atoms with Crippen LogP contribution in [0.2, 0.25) is 0 Å². The maximum Gasteiger partial charge on any atom is 0.187 e. The zero-order chi connectivity index (χ0) is 49.2. The summed E-state index contributed by atoms with van der Waals surface area (Å²) in [7, 11) is 0. The summed E-state index contributed by atoms with van der Waals surface area (Å²) in [6.07, 6.45) is -7.98. The number of thioether (sulfide) groups is 1. The van der Waals surface area contributed by atoms with Crippen LogP contribution in [0.25, 0.3) is 0 Å². The van der Waals surface area contributed by atoms with E-state index in [4.69, 9.17) is 42.6 Å². The van der Waals surface area contributed by atoms with Gasteiger partial charge in [0.2, 0.25) is 0 Å². The number of aliphatic hydroxyl groups is 1. The molecule has 10 nitrogen and oxygen atoms in total. The summed E-state index contributed by atoms with van der Waals surface area (Å²) in [6.45, 7) is 4.09. The third-order valence-electron chi connectivity index (χ3n) is 12.7. The normalized spacial score (nSPS) is 24.2. The molecule has 2 fully saturated rings. The smallest absolute Gasteiger partial charge is 0.187 e. The third-order valence-corrected chi connectivity index (χ3v) is 13.9. The molecule has 2 aliphatic heterocycles. The molecule has 1 N–H and O–H groups in total. The summed E-state index contributed by atoms with van der Waals surface area (Å²) < 4.78 is 62.0. The maximum absolute atomic E-state index is 12.8. The maximum atomic E-state index is 12.8. The summed E-state index contributed by atoms with van der Waals surface area (Å²) >= 11 is 1.52. The fourth-order valence-electron chi connectivity index (χ4n) is 8.88. The summed E-state index contributed by atoms with van der Waals surface area (Å²) in [5.74, 6) is 0. The van der Waals surface area contributed by atoms with Crippen molar-refractivity contribution in [2.75, 3.05) is 13.2 Å². The highest BCUT2D eigenvalue weighted by atomic mass is 32.2. The molecule has 0 amide bonds. The lowest BCUT2D eigenvalue weighted by Gasteiger charge is -2.49. The van der Waals surface area contributed by atoms with E-state index in [0.717, 1.165) is 43.8 Å². The molecule has 0 aliphatic carbocycles. The van der Waals surface area contributed by atoms with E-state index < -0.39 is 60.6 Å². The molecule has 0 radical (unpaired) electrons. The summed E-state index contributed by atoms with van der Waals surface area (Å²) in [5, 5.41) is 12.8. The number of rotatable bonds is 24. The van der Waals surface area contributed by atoms with Crippen molar-refractivity contribution >= 4 is 11.8 Å². The van der Waals surface area contributed by atoms with Crippen molar-refractivity contribution in [2.45, 2.75) is 112 Å². The van der Waals surface area contributed by atoms with Crippen LogP contribution < -0.4 is 0 Å². The molecule has 11 heteroatoms. The Bertz CT molecular complexity index is 2580. The molecule has 0 bridgehead atoms. The number of aryl methyl sites for hydroxylation is 1. The predicted octanol–water partition coefficient (Wildman–Crippen LogP) is 11.1. The van der Waals surface area contributed by atoms with E-state index in [2.05, 4.69) is 31.2 Å². The van der Waals surface area contributed by atoms with E-state index in [9.17, 15) is 5.11 Å². The number of hydrogen-bond donors (Lipinski definition) is 1. The number of ether oxygens (including phenoxy) is 9. The topological polar surface area (TPSA) is 103 Å². The fraction of sp³-hybridized carbons (Fsp3) is 0.311. The largest absolute Gasteiger partial charge is 0.385 e. The SMILES string of the molecule is Cc1ccc(S[C@H]2OC(COCc3ccccc3)[C@@H](OCc3ccccc3)C(OCc3ccccc3)C2O[C@H]2OC(COCc3ccccc3)[C@@H](OCc3ccccc3)C(OCc3ccccc3)C2O)cc1. The molecule has 72 heavy (non-hydrogen) atoms. The first-order valence-corrected chi connectivity index (χ1v) is 25.6. The second kappa shape index (κ2) is 27.0. The van der Waals surface area contributed by atoms with Crippen molar-refractivity contribution in [3.8, 4) is 0 Å². The monoisotopic (exact) mass is 988 g/mol. The molecular weight excluding hydrogens is 925 g/mol. The van der Waals surface area contributed by atoms with E-state index in [1.165, 1.54) is 11.8 Å². The summed E-state index contributed by atoms with van der Waals surface area (Å²) in [5.41, 5.74) is 6.35. The Labute approximate surface area is 428 Å². The second-order valence-corrected chi connectivity index (χ2v) is 19.3. The van der Waals surface area contributed by atoms with Crippen LogP contribution in [-0.2, 0) is 82.3 Å². The Morgan fingerprint density at radius 1 is 0.389 bits per heavy atom. The van der Waals surface area contributed by atoms with E-state index >= 15 is 0 Å². The Balaban J connectivity index is 1.08. The van der Waals surface area contributed by atoms with Gasteiger partial charge >= 0.3 is 0 Å². The lowest BCUT2D eigenvalue weighted by Crippen LogP contribution is -2.65. The molecule has 0 aromatic heterocycles. The van der Waals surface area contributed by atoms with Gasteiger partial charge < -0.3 is 47.7 Å². The van der Waals surface area contributed by atoms with Gasteiger partial charge in [-0.1, -0.05) is 211 Å². The zero-order valence-electron chi connectivity index (χ0n) is 40.6. The molecule has 2 heterocycles. The highest BCUT2D eigenvalue weighted by Gasteiger charge is 2.54. The summed E-state index contributed by atoms with van der Waals surface area (Å²) in [6, 6.07) is 68.3. The van der Waals surface area contributed by atoms with E-state index in [-0.39, 0.29) is 39.6 Å². The van der Waals surface area contributed by atoms with Gasteiger partial charge in [-0.15, -0.1) is 0 Å². The first-order valence-electron chi connectivity index (χ1n) is 24.8. The van der Waals surface area contributed by atoms with Gasteiger partial charge in [-0.3, -0.25) is 0 Å². The van der Waals surface area contributed by atoms with Crippen LogP contribution in [0, 0.1) is 6.92 Å². The minimum Gasteiger partial charge on any atom is -0.385 e. The van der Waals surface area contributed by atoms with Crippen LogP contribution in [0.1, 0.15) is 38.9 Å². The highest BCUT2D eigenvalue weighted by Crippen LogP contribution is 2.40. The first-order chi connectivity index (χ1) is 35.5.